The van der Waals surface area contributed by atoms with Crippen LogP contribution in [0.5, 0.6) is 5.75 Å². The zero-order valence-corrected chi connectivity index (χ0v) is 11.1. The van der Waals surface area contributed by atoms with Gasteiger partial charge in [0.25, 0.3) is 0 Å². The van der Waals surface area contributed by atoms with Crippen molar-refractivity contribution in [1.82, 2.24) is 0 Å². The van der Waals surface area contributed by atoms with Gasteiger partial charge in [-0.1, -0.05) is 11.6 Å². The van der Waals surface area contributed by atoms with Crippen LogP contribution in [0.2, 0.25) is 5.02 Å². The molecule has 0 radical (unpaired) electrons. The summed E-state index contributed by atoms with van der Waals surface area (Å²) in [6.45, 7) is 6.04. The highest BCUT2D eigenvalue weighted by atomic mass is 35.5. The quantitative estimate of drug-likeness (QED) is 0.609. The van der Waals surface area contributed by atoms with Gasteiger partial charge in [-0.15, -0.1) is 11.6 Å². The van der Waals surface area contributed by atoms with Gasteiger partial charge in [0.05, 0.1) is 18.1 Å². The predicted molar refractivity (Wildman–Crippen MR) is 67.1 cm³/mol. The molecule has 0 heterocycles. The largest absolute Gasteiger partial charge is 0.493 e. The molecule has 0 aliphatic carbocycles. The summed E-state index contributed by atoms with van der Waals surface area (Å²) >= 11 is 11.6. The van der Waals surface area contributed by atoms with Crippen LogP contribution in [0.4, 0.5) is 0 Å². The Bertz CT molecular complexity index is 414. The van der Waals surface area contributed by atoms with E-state index in [-0.39, 0.29) is 11.7 Å². The lowest BCUT2D eigenvalue weighted by atomic mass is 10.0. The molecule has 88 valence electrons. The molecule has 0 fully saturated rings. The van der Waals surface area contributed by atoms with Crippen LogP contribution in [-0.4, -0.2) is 18.3 Å². The average Bonchev–Trinajstić information content (AvgIpc) is 2.25. The Morgan fingerprint density at radius 3 is 2.56 bits per heavy atom. The Labute approximate surface area is 106 Å². The zero-order valence-electron chi connectivity index (χ0n) is 9.56. The third-order valence-electron chi connectivity index (χ3n) is 2.35. The highest BCUT2D eigenvalue weighted by Crippen LogP contribution is 2.32. The molecule has 0 amide bonds. The highest BCUT2D eigenvalue weighted by molar-refractivity contribution is 6.34. The lowest BCUT2D eigenvalue weighted by Gasteiger charge is -2.15. The summed E-state index contributed by atoms with van der Waals surface area (Å²) in [6.07, 6.45) is 0. The van der Waals surface area contributed by atoms with E-state index in [0.29, 0.717) is 22.9 Å². The third-order valence-corrected chi connectivity index (χ3v) is 2.99. The van der Waals surface area contributed by atoms with Gasteiger partial charge in [0.1, 0.15) is 5.75 Å². The van der Waals surface area contributed by atoms with Gasteiger partial charge < -0.3 is 4.74 Å². The number of halogens is 2. The van der Waals surface area contributed by atoms with E-state index < -0.39 is 0 Å². The monoisotopic (exact) mass is 260 g/mol. The molecule has 0 unspecified atom stereocenters. The average molecular weight is 261 g/mol. The Morgan fingerprint density at radius 1 is 1.44 bits per heavy atom. The van der Waals surface area contributed by atoms with Gasteiger partial charge in [0, 0.05) is 5.02 Å². The van der Waals surface area contributed by atoms with E-state index in [0.717, 1.165) is 11.1 Å². The lowest BCUT2D eigenvalue weighted by molar-refractivity contribution is 0.101. The summed E-state index contributed by atoms with van der Waals surface area (Å²) < 4.78 is 5.49. The first-order chi connectivity index (χ1) is 7.52. The second-order valence-electron chi connectivity index (χ2n) is 3.49. The minimum Gasteiger partial charge on any atom is -0.493 e. The first-order valence-electron chi connectivity index (χ1n) is 5.04. The first kappa shape index (κ1) is 13.3. The Hall–Kier alpha value is -0.730. The molecule has 0 saturated carbocycles. The van der Waals surface area contributed by atoms with Gasteiger partial charge in [0.15, 0.2) is 5.78 Å². The fourth-order valence-electron chi connectivity index (χ4n) is 1.58. The van der Waals surface area contributed by atoms with Gasteiger partial charge in [-0.3, -0.25) is 4.79 Å². The van der Waals surface area contributed by atoms with Crippen molar-refractivity contribution in [2.45, 2.75) is 20.8 Å². The molecule has 0 spiro atoms. The number of hydrogen-bond donors (Lipinski definition) is 0. The number of carbonyl (C=O) groups excluding carboxylic acids is 1. The van der Waals surface area contributed by atoms with Crippen LogP contribution in [0.25, 0.3) is 0 Å². The molecule has 2 nitrogen and oxygen atoms in total. The lowest BCUT2D eigenvalue weighted by Crippen LogP contribution is -2.09. The third kappa shape index (κ3) is 2.50. The van der Waals surface area contributed by atoms with Crippen LogP contribution in [0, 0.1) is 13.8 Å². The van der Waals surface area contributed by atoms with E-state index >= 15 is 0 Å². The number of alkyl halides is 1. The number of hydrogen-bond acceptors (Lipinski definition) is 2. The Balaban J connectivity index is 3.44. The molecule has 1 rings (SSSR count). The molecular weight excluding hydrogens is 247 g/mol. The molecule has 0 N–H and O–H groups in total. The van der Waals surface area contributed by atoms with Crippen LogP contribution in [-0.2, 0) is 0 Å². The molecule has 1 aromatic carbocycles. The maximum absolute atomic E-state index is 11.8. The summed E-state index contributed by atoms with van der Waals surface area (Å²) in [4.78, 5) is 11.8. The molecule has 0 bridgehead atoms. The van der Waals surface area contributed by atoms with E-state index in [9.17, 15) is 4.79 Å². The van der Waals surface area contributed by atoms with Crippen molar-refractivity contribution in [2.75, 3.05) is 12.5 Å². The molecule has 0 aliphatic rings. The molecule has 0 atom stereocenters. The van der Waals surface area contributed by atoms with Crippen molar-refractivity contribution < 1.29 is 9.53 Å². The van der Waals surface area contributed by atoms with Crippen LogP contribution < -0.4 is 4.74 Å². The zero-order chi connectivity index (χ0) is 12.3. The summed E-state index contributed by atoms with van der Waals surface area (Å²) in [5.74, 6) is 0.365. The Kier molecular flexibility index (Phi) is 4.63. The van der Waals surface area contributed by atoms with Gasteiger partial charge in [-0.2, -0.15) is 0 Å². The van der Waals surface area contributed by atoms with E-state index in [4.69, 9.17) is 27.9 Å². The van der Waals surface area contributed by atoms with Crippen molar-refractivity contribution in [3.05, 3.63) is 27.8 Å². The summed E-state index contributed by atoms with van der Waals surface area (Å²) in [6, 6.07) is 1.80. The van der Waals surface area contributed by atoms with Crippen LogP contribution >= 0.6 is 23.2 Å². The highest BCUT2D eigenvalue weighted by Gasteiger charge is 2.19. The fraction of sp³-hybridized carbons (Fsp3) is 0.417. The van der Waals surface area contributed by atoms with E-state index in [1.807, 2.05) is 13.8 Å². The molecule has 1 aromatic rings. The molecule has 0 aliphatic heterocycles. The van der Waals surface area contributed by atoms with E-state index in [1.54, 1.807) is 13.0 Å². The van der Waals surface area contributed by atoms with E-state index in [1.165, 1.54) is 0 Å². The first-order valence-corrected chi connectivity index (χ1v) is 5.95. The van der Waals surface area contributed by atoms with Gasteiger partial charge >= 0.3 is 0 Å². The summed E-state index contributed by atoms with van der Waals surface area (Å²) in [7, 11) is 0. The molecule has 0 aromatic heterocycles. The van der Waals surface area contributed by atoms with Crippen molar-refractivity contribution in [1.29, 1.82) is 0 Å². The van der Waals surface area contributed by atoms with E-state index in [2.05, 4.69) is 0 Å². The smallest absolute Gasteiger partial charge is 0.181 e. The number of benzene rings is 1. The SMILES string of the molecule is CCOc1c(C)cc(Cl)c(C)c1C(=O)CCl. The standard InChI is InChI=1S/C12H14Cl2O2/c1-4-16-12-7(2)5-9(14)8(3)11(12)10(15)6-13/h5H,4,6H2,1-3H3. The molecule has 16 heavy (non-hydrogen) atoms. The van der Waals surface area contributed by atoms with Gasteiger partial charge in [-0.25, -0.2) is 0 Å². The summed E-state index contributed by atoms with van der Waals surface area (Å²) in [5, 5.41) is 0.564. The van der Waals surface area contributed by atoms with Crippen LogP contribution in [0.1, 0.15) is 28.4 Å². The number of ether oxygens (including phenoxy) is 1. The number of Topliss-reactive ketones (excluding diaryl/α,β-unsaturated/α-hetero) is 1. The van der Waals surface area contributed by atoms with Crippen molar-refractivity contribution in [3.63, 3.8) is 0 Å². The van der Waals surface area contributed by atoms with Gasteiger partial charge in [-0.05, 0) is 38.0 Å². The van der Waals surface area contributed by atoms with Gasteiger partial charge in [0.2, 0.25) is 0 Å². The fourth-order valence-corrected chi connectivity index (χ4v) is 1.98. The second-order valence-corrected chi connectivity index (χ2v) is 4.17. The minimum absolute atomic E-state index is 0.0688. The van der Waals surface area contributed by atoms with Crippen molar-refractivity contribution >= 4 is 29.0 Å². The Morgan fingerprint density at radius 2 is 2.06 bits per heavy atom. The maximum atomic E-state index is 11.8. The second kappa shape index (κ2) is 5.55. The van der Waals surface area contributed by atoms with Crippen LogP contribution in [0.15, 0.2) is 6.07 Å². The maximum Gasteiger partial charge on any atom is 0.181 e. The molecular formula is C12H14Cl2O2. The minimum atomic E-state index is -0.159. The number of rotatable bonds is 4. The van der Waals surface area contributed by atoms with Crippen LogP contribution in [0.3, 0.4) is 0 Å². The summed E-state index contributed by atoms with van der Waals surface area (Å²) in [5.41, 5.74) is 2.08. The molecule has 0 saturated heterocycles. The number of ketones is 1. The number of carbonyl (C=O) groups is 1. The van der Waals surface area contributed by atoms with Crippen molar-refractivity contribution in [3.8, 4) is 5.75 Å². The predicted octanol–water partition coefficient (Wildman–Crippen LogP) is 3.78. The molecule has 4 heteroatoms. The number of aryl methyl sites for hydroxylation is 1. The van der Waals surface area contributed by atoms with Crippen molar-refractivity contribution in [2.24, 2.45) is 0 Å². The normalized spacial score (nSPS) is 10.3. The topological polar surface area (TPSA) is 26.3 Å².